The van der Waals surface area contributed by atoms with Crippen LogP contribution < -0.4 is 14.8 Å². The zero-order valence-corrected chi connectivity index (χ0v) is 24.4. The largest absolute Gasteiger partial charge is 0.493 e. The molecule has 210 valence electrons. The number of amides is 1. The van der Waals surface area contributed by atoms with Crippen LogP contribution in [-0.4, -0.2) is 42.6 Å². The maximum atomic E-state index is 13.4. The fourth-order valence-corrected chi connectivity index (χ4v) is 6.44. The van der Waals surface area contributed by atoms with Crippen LogP contribution in [0.5, 0.6) is 11.5 Å². The van der Waals surface area contributed by atoms with Gasteiger partial charge in [0.25, 0.3) is 5.91 Å². The summed E-state index contributed by atoms with van der Waals surface area (Å²) in [7, 11) is 1.49. The van der Waals surface area contributed by atoms with Gasteiger partial charge >= 0.3 is 0 Å². The average molecular weight is 584 g/mol. The van der Waals surface area contributed by atoms with Crippen molar-refractivity contribution in [3.8, 4) is 11.5 Å². The quantitative estimate of drug-likeness (QED) is 0.388. The number of nitrogens with zero attached hydrogens (tertiary/aromatic N) is 1. The van der Waals surface area contributed by atoms with E-state index in [1.807, 2.05) is 13.0 Å². The molecule has 0 bridgehead atoms. The molecule has 0 radical (unpaired) electrons. The number of nitrogens with one attached hydrogen (secondary N) is 1. The second-order valence-corrected chi connectivity index (χ2v) is 11.1. The summed E-state index contributed by atoms with van der Waals surface area (Å²) >= 11 is 12.9. The molecule has 9 heteroatoms. The third-order valence-corrected chi connectivity index (χ3v) is 8.48. The number of rotatable bonds is 7. The summed E-state index contributed by atoms with van der Waals surface area (Å²) in [6.45, 7) is 4.34. The molecular weight excluding hydrogens is 551 g/mol. The molecule has 0 fully saturated rings. The highest BCUT2D eigenvalue weighted by molar-refractivity contribution is 6.32. The Morgan fingerprint density at radius 1 is 0.975 bits per heavy atom. The van der Waals surface area contributed by atoms with Crippen molar-refractivity contribution in [2.24, 2.45) is 0 Å². The van der Waals surface area contributed by atoms with E-state index < -0.39 is 5.92 Å². The first-order chi connectivity index (χ1) is 19.2. The number of carbonyl (C=O) groups excluding carboxylic acids is 3. The zero-order chi connectivity index (χ0) is 28.6. The minimum atomic E-state index is -0.511. The van der Waals surface area contributed by atoms with Crippen molar-refractivity contribution in [2.45, 2.75) is 58.3 Å². The second-order valence-electron chi connectivity index (χ2n) is 10.3. The Kier molecular flexibility index (Phi) is 8.24. The van der Waals surface area contributed by atoms with Gasteiger partial charge in [-0.05, 0) is 74.9 Å². The second kappa shape index (κ2) is 11.7. The molecule has 2 aliphatic carbocycles. The fraction of sp³-hybridized carbons (Fsp3) is 0.387. The van der Waals surface area contributed by atoms with Crippen molar-refractivity contribution >= 4 is 46.4 Å². The zero-order valence-electron chi connectivity index (χ0n) is 22.9. The van der Waals surface area contributed by atoms with Crippen LogP contribution in [0.1, 0.15) is 62.5 Å². The highest BCUT2D eigenvalue weighted by atomic mass is 35.5. The van der Waals surface area contributed by atoms with Gasteiger partial charge in [-0.3, -0.25) is 14.4 Å². The summed E-state index contributed by atoms with van der Waals surface area (Å²) in [5.74, 6) is -0.231. The van der Waals surface area contributed by atoms with Gasteiger partial charge in [0.2, 0.25) is 0 Å². The molecule has 7 nitrogen and oxygen atoms in total. The highest BCUT2D eigenvalue weighted by Crippen LogP contribution is 2.51. The van der Waals surface area contributed by atoms with E-state index in [1.165, 1.54) is 7.11 Å². The van der Waals surface area contributed by atoms with Gasteiger partial charge in [0.15, 0.2) is 29.7 Å². The Morgan fingerprint density at radius 2 is 1.62 bits per heavy atom. The van der Waals surface area contributed by atoms with Crippen LogP contribution in [0.4, 0.5) is 5.69 Å². The molecule has 2 aromatic rings. The Morgan fingerprint density at radius 3 is 2.20 bits per heavy atom. The van der Waals surface area contributed by atoms with Crippen LogP contribution >= 0.6 is 23.2 Å². The Hall–Kier alpha value is -3.29. The van der Waals surface area contributed by atoms with Gasteiger partial charge in [-0.1, -0.05) is 29.3 Å². The summed E-state index contributed by atoms with van der Waals surface area (Å²) in [6.07, 6.45) is 4.10. The molecule has 0 saturated heterocycles. The maximum Gasteiger partial charge on any atom is 0.262 e. The van der Waals surface area contributed by atoms with Gasteiger partial charge in [0, 0.05) is 58.6 Å². The number of carbonyl (C=O) groups is 3. The van der Waals surface area contributed by atoms with Crippen molar-refractivity contribution in [1.29, 1.82) is 0 Å². The number of halogens is 2. The van der Waals surface area contributed by atoms with E-state index in [0.717, 1.165) is 42.6 Å². The Labute approximate surface area is 244 Å². The predicted molar refractivity (Wildman–Crippen MR) is 155 cm³/mol. The molecule has 1 heterocycles. The van der Waals surface area contributed by atoms with E-state index >= 15 is 0 Å². The molecule has 1 amide bonds. The van der Waals surface area contributed by atoms with Crippen LogP contribution in [0.3, 0.4) is 0 Å². The lowest BCUT2D eigenvalue weighted by Crippen LogP contribution is -2.39. The maximum absolute atomic E-state index is 13.4. The standard InChI is InChI=1S/C31H32Cl2N2O5/c1-4-35-22-7-5-9-24(36)29(22)28(30-23(35)8-6-10-25(30)37)18-13-21(33)31(26(14-18)39-3)40-16-27(38)34-19-12-11-17(2)20(32)15-19/h11-15,28H,4-10,16H2,1-3H3,(H,34,38). The fourth-order valence-electron chi connectivity index (χ4n) is 5.98. The number of aryl methyl sites for hydroxylation is 1. The molecular formula is C31H32Cl2N2O5. The summed E-state index contributed by atoms with van der Waals surface area (Å²) in [6, 6.07) is 8.74. The smallest absolute Gasteiger partial charge is 0.262 e. The van der Waals surface area contributed by atoms with Crippen molar-refractivity contribution in [1.82, 2.24) is 4.90 Å². The lowest BCUT2D eigenvalue weighted by atomic mass is 9.71. The SMILES string of the molecule is CCN1C2=C(C(=O)CCC2)C(c2cc(Cl)c(OCC(=O)Nc3ccc(C)c(Cl)c3)c(OC)c2)C2=C1CCCC2=O. The van der Waals surface area contributed by atoms with E-state index in [4.69, 9.17) is 32.7 Å². The van der Waals surface area contributed by atoms with Crippen molar-refractivity contribution in [2.75, 3.05) is 25.6 Å². The predicted octanol–water partition coefficient (Wildman–Crippen LogP) is 6.76. The van der Waals surface area contributed by atoms with E-state index in [2.05, 4.69) is 17.1 Å². The Bertz CT molecular complexity index is 1420. The number of anilines is 1. The molecule has 3 aliphatic rings. The van der Waals surface area contributed by atoms with E-state index in [0.29, 0.717) is 52.6 Å². The van der Waals surface area contributed by atoms with Gasteiger partial charge in [-0.2, -0.15) is 0 Å². The Balaban J connectivity index is 1.47. The normalized spacial score (nSPS) is 17.6. The van der Waals surface area contributed by atoms with Gasteiger partial charge in [-0.15, -0.1) is 0 Å². The minimum Gasteiger partial charge on any atom is -0.493 e. The van der Waals surface area contributed by atoms with E-state index in [-0.39, 0.29) is 34.9 Å². The van der Waals surface area contributed by atoms with Crippen LogP contribution in [0, 0.1) is 6.92 Å². The van der Waals surface area contributed by atoms with Crippen molar-refractivity contribution in [3.63, 3.8) is 0 Å². The van der Waals surface area contributed by atoms with Crippen LogP contribution in [0.25, 0.3) is 0 Å². The van der Waals surface area contributed by atoms with Gasteiger partial charge in [0.1, 0.15) is 0 Å². The van der Waals surface area contributed by atoms with Crippen LogP contribution in [-0.2, 0) is 14.4 Å². The lowest BCUT2D eigenvalue weighted by molar-refractivity contribution is -0.118. The summed E-state index contributed by atoms with van der Waals surface area (Å²) in [5.41, 5.74) is 5.56. The number of ketones is 2. The third kappa shape index (κ3) is 5.25. The lowest BCUT2D eigenvalue weighted by Gasteiger charge is -2.43. The van der Waals surface area contributed by atoms with Gasteiger partial charge in [0.05, 0.1) is 12.1 Å². The molecule has 0 atom stereocenters. The third-order valence-electron chi connectivity index (χ3n) is 7.79. The topological polar surface area (TPSA) is 84.9 Å². The molecule has 5 rings (SSSR count). The first-order valence-corrected chi connectivity index (χ1v) is 14.3. The van der Waals surface area contributed by atoms with Gasteiger partial charge in [-0.25, -0.2) is 0 Å². The molecule has 2 aromatic carbocycles. The summed E-state index contributed by atoms with van der Waals surface area (Å²) in [5, 5.41) is 3.54. The number of benzene rings is 2. The van der Waals surface area contributed by atoms with E-state index in [9.17, 15) is 14.4 Å². The average Bonchev–Trinajstić information content (AvgIpc) is 2.93. The number of hydrogen-bond donors (Lipinski definition) is 1. The minimum absolute atomic E-state index is 0.0675. The van der Waals surface area contributed by atoms with E-state index in [1.54, 1.807) is 24.3 Å². The van der Waals surface area contributed by atoms with Crippen molar-refractivity contribution in [3.05, 3.63) is 74.0 Å². The van der Waals surface area contributed by atoms with Crippen LogP contribution in [0.2, 0.25) is 10.0 Å². The summed E-state index contributed by atoms with van der Waals surface area (Å²) < 4.78 is 11.4. The summed E-state index contributed by atoms with van der Waals surface area (Å²) in [4.78, 5) is 41.5. The van der Waals surface area contributed by atoms with Crippen LogP contribution in [0.15, 0.2) is 52.9 Å². The monoisotopic (exact) mass is 582 g/mol. The molecule has 0 saturated carbocycles. The highest BCUT2D eigenvalue weighted by Gasteiger charge is 2.43. The van der Waals surface area contributed by atoms with Crippen molar-refractivity contribution < 1.29 is 23.9 Å². The molecule has 1 N–H and O–H groups in total. The number of hydrogen-bond acceptors (Lipinski definition) is 6. The molecule has 1 aliphatic heterocycles. The number of allylic oxidation sites excluding steroid dienone is 4. The van der Waals surface area contributed by atoms with Gasteiger partial charge < -0.3 is 19.7 Å². The first kappa shape index (κ1) is 28.2. The first-order valence-electron chi connectivity index (χ1n) is 13.6. The molecule has 0 aromatic heterocycles. The number of ether oxygens (including phenoxy) is 2. The molecule has 40 heavy (non-hydrogen) atoms. The molecule has 0 spiro atoms. The number of Topliss-reactive ketones (excluding diaryl/α,β-unsaturated/α-hetero) is 2. The number of methoxy groups -OCH3 is 1. The molecule has 0 unspecified atom stereocenters.